The molecular weight excluding hydrogens is 303 g/mol. The van der Waals surface area contributed by atoms with E-state index in [0.29, 0.717) is 24.2 Å². The van der Waals surface area contributed by atoms with E-state index in [1.165, 1.54) is 12.1 Å². The van der Waals surface area contributed by atoms with Crippen LogP contribution in [-0.4, -0.2) is 38.3 Å². The summed E-state index contributed by atoms with van der Waals surface area (Å²) in [4.78, 5) is 11.8. The largest absolute Gasteiger partial charge is 0.374 e. The molecule has 0 bridgehead atoms. The SMILES string of the molecule is O=C(NCC1CNCCO1)c1cc(Br)ccc1F. The van der Waals surface area contributed by atoms with Crippen molar-refractivity contribution in [2.24, 2.45) is 0 Å². The number of hydrogen-bond donors (Lipinski definition) is 2. The third-order valence-corrected chi connectivity index (χ3v) is 3.16. The lowest BCUT2D eigenvalue weighted by Crippen LogP contribution is -2.45. The second-order valence-corrected chi connectivity index (χ2v) is 4.95. The van der Waals surface area contributed by atoms with Crippen LogP contribution < -0.4 is 10.6 Å². The zero-order valence-electron chi connectivity index (χ0n) is 9.71. The van der Waals surface area contributed by atoms with Gasteiger partial charge in [0.2, 0.25) is 0 Å². The molecule has 1 aromatic rings. The Morgan fingerprint density at radius 1 is 1.61 bits per heavy atom. The Labute approximate surface area is 113 Å². The average molecular weight is 317 g/mol. The number of hydrogen-bond acceptors (Lipinski definition) is 3. The van der Waals surface area contributed by atoms with Crippen LogP contribution in [-0.2, 0) is 4.74 Å². The molecular formula is C12H14BrFN2O2. The van der Waals surface area contributed by atoms with Gasteiger partial charge in [-0.15, -0.1) is 0 Å². The van der Waals surface area contributed by atoms with Gasteiger partial charge in [-0.1, -0.05) is 15.9 Å². The van der Waals surface area contributed by atoms with Gasteiger partial charge in [0.05, 0.1) is 18.3 Å². The van der Waals surface area contributed by atoms with Gasteiger partial charge in [0, 0.05) is 24.1 Å². The molecule has 2 N–H and O–H groups in total. The Kier molecular flexibility index (Phi) is 4.68. The van der Waals surface area contributed by atoms with E-state index in [-0.39, 0.29) is 11.7 Å². The molecule has 0 aromatic heterocycles. The van der Waals surface area contributed by atoms with E-state index in [1.54, 1.807) is 6.07 Å². The molecule has 0 aliphatic carbocycles. The van der Waals surface area contributed by atoms with E-state index in [9.17, 15) is 9.18 Å². The van der Waals surface area contributed by atoms with Gasteiger partial charge in [0.1, 0.15) is 5.82 Å². The van der Waals surface area contributed by atoms with Crippen molar-refractivity contribution < 1.29 is 13.9 Å². The van der Waals surface area contributed by atoms with Crippen LogP contribution in [0, 0.1) is 5.82 Å². The second-order valence-electron chi connectivity index (χ2n) is 4.03. The number of carbonyl (C=O) groups is 1. The van der Waals surface area contributed by atoms with Crippen LogP contribution >= 0.6 is 15.9 Å². The van der Waals surface area contributed by atoms with E-state index in [2.05, 4.69) is 26.6 Å². The maximum Gasteiger partial charge on any atom is 0.254 e. The quantitative estimate of drug-likeness (QED) is 0.884. The molecule has 1 aliphatic heterocycles. The zero-order valence-corrected chi connectivity index (χ0v) is 11.3. The molecule has 0 spiro atoms. The van der Waals surface area contributed by atoms with Gasteiger partial charge in [0.25, 0.3) is 5.91 Å². The summed E-state index contributed by atoms with van der Waals surface area (Å²) in [5.74, 6) is -0.957. The molecule has 0 saturated carbocycles. The number of ether oxygens (including phenoxy) is 1. The van der Waals surface area contributed by atoms with Crippen LogP contribution in [0.4, 0.5) is 4.39 Å². The van der Waals surface area contributed by atoms with E-state index in [1.807, 2.05) is 0 Å². The summed E-state index contributed by atoms with van der Waals surface area (Å²) < 4.78 is 19.6. The summed E-state index contributed by atoms with van der Waals surface area (Å²) in [5.41, 5.74) is 0.0353. The van der Waals surface area contributed by atoms with E-state index < -0.39 is 11.7 Å². The summed E-state index contributed by atoms with van der Waals surface area (Å²) in [7, 11) is 0. The van der Waals surface area contributed by atoms with Crippen LogP contribution in [0.15, 0.2) is 22.7 Å². The van der Waals surface area contributed by atoms with Crippen molar-refractivity contribution in [3.8, 4) is 0 Å². The lowest BCUT2D eigenvalue weighted by Gasteiger charge is -2.23. The van der Waals surface area contributed by atoms with Crippen LogP contribution in [0.25, 0.3) is 0 Å². The van der Waals surface area contributed by atoms with Crippen molar-refractivity contribution >= 4 is 21.8 Å². The third kappa shape index (κ3) is 3.51. The molecule has 1 amide bonds. The maximum atomic E-state index is 13.5. The first-order valence-corrected chi connectivity index (χ1v) is 6.51. The summed E-state index contributed by atoms with van der Waals surface area (Å²) in [5, 5.41) is 5.83. The van der Waals surface area contributed by atoms with Crippen molar-refractivity contribution in [1.29, 1.82) is 0 Å². The van der Waals surface area contributed by atoms with Crippen molar-refractivity contribution in [3.05, 3.63) is 34.1 Å². The van der Waals surface area contributed by atoms with Gasteiger partial charge < -0.3 is 15.4 Å². The van der Waals surface area contributed by atoms with Crippen LogP contribution in [0.5, 0.6) is 0 Å². The van der Waals surface area contributed by atoms with E-state index in [4.69, 9.17) is 4.74 Å². The summed E-state index contributed by atoms with van der Waals surface area (Å²) in [6.45, 7) is 2.52. The Balaban J connectivity index is 1.92. The smallest absolute Gasteiger partial charge is 0.254 e. The lowest BCUT2D eigenvalue weighted by molar-refractivity contribution is 0.0287. The molecule has 18 heavy (non-hydrogen) atoms. The van der Waals surface area contributed by atoms with Crippen LogP contribution in [0.1, 0.15) is 10.4 Å². The molecule has 4 nitrogen and oxygen atoms in total. The zero-order chi connectivity index (χ0) is 13.0. The fraction of sp³-hybridized carbons (Fsp3) is 0.417. The predicted molar refractivity (Wildman–Crippen MR) is 69.0 cm³/mol. The molecule has 1 fully saturated rings. The highest BCUT2D eigenvalue weighted by Crippen LogP contribution is 2.15. The number of rotatable bonds is 3. The topological polar surface area (TPSA) is 50.4 Å². The van der Waals surface area contributed by atoms with Crippen molar-refractivity contribution in [2.45, 2.75) is 6.10 Å². The number of amides is 1. The minimum atomic E-state index is -0.529. The number of carbonyl (C=O) groups excluding carboxylic acids is 1. The molecule has 0 radical (unpaired) electrons. The normalized spacial score (nSPS) is 19.6. The lowest BCUT2D eigenvalue weighted by atomic mass is 10.2. The van der Waals surface area contributed by atoms with Gasteiger partial charge in [0.15, 0.2) is 0 Å². The minimum absolute atomic E-state index is 0.0353. The average Bonchev–Trinajstić information content (AvgIpc) is 2.40. The van der Waals surface area contributed by atoms with Gasteiger partial charge in [-0.05, 0) is 18.2 Å². The van der Waals surface area contributed by atoms with Gasteiger partial charge in [-0.2, -0.15) is 0 Å². The molecule has 1 heterocycles. The second kappa shape index (κ2) is 6.26. The first-order chi connectivity index (χ1) is 8.66. The molecule has 1 unspecified atom stereocenters. The molecule has 1 aliphatic rings. The molecule has 1 aromatic carbocycles. The van der Waals surface area contributed by atoms with Gasteiger partial charge >= 0.3 is 0 Å². The van der Waals surface area contributed by atoms with Crippen LogP contribution in [0.2, 0.25) is 0 Å². The molecule has 6 heteroatoms. The molecule has 2 rings (SSSR count). The molecule has 1 saturated heterocycles. The highest BCUT2D eigenvalue weighted by atomic mass is 79.9. The van der Waals surface area contributed by atoms with Gasteiger partial charge in [-0.25, -0.2) is 4.39 Å². The molecule has 98 valence electrons. The summed E-state index contributed by atoms with van der Waals surface area (Å²) in [6, 6.07) is 4.28. The van der Waals surface area contributed by atoms with Crippen molar-refractivity contribution in [3.63, 3.8) is 0 Å². The number of nitrogens with one attached hydrogen (secondary N) is 2. The van der Waals surface area contributed by atoms with E-state index in [0.717, 1.165) is 6.54 Å². The standard InChI is InChI=1S/C12H14BrFN2O2/c13-8-1-2-11(14)10(5-8)12(17)16-7-9-6-15-3-4-18-9/h1-2,5,9,15H,3-4,6-7H2,(H,16,17). The highest BCUT2D eigenvalue weighted by molar-refractivity contribution is 9.10. The van der Waals surface area contributed by atoms with Gasteiger partial charge in [-0.3, -0.25) is 4.79 Å². The fourth-order valence-electron chi connectivity index (χ4n) is 1.72. The van der Waals surface area contributed by atoms with Crippen molar-refractivity contribution in [2.75, 3.05) is 26.2 Å². The van der Waals surface area contributed by atoms with Crippen molar-refractivity contribution in [1.82, 2.24) is 10.6 Å². The first kappa shape index (κ1) is 13.5. The molecule has 1 atom stereocenters. The number of benzene rings is 1. The summed E-state index contributed by atoms with van der Waals surface area (Å²) in [6.07, 6.45) is -0.0575. The van der Waals surface area contributed by atoms with E-state index >= 15 is 0 Å². The summed E-state index contributed by atoms with van der Waals surface area (Å²) >= 11 is 3.21. The maximum absolute atomic E-state index is 13.5. The number of morpholine rings is 1. The Morgan fingerprint density at radius 2 is 2.44 bits per heavy atom. The first-order valence-electron chi connectivity index (χ1n) is 5.72. The Morgan fingerprint density at radius 3 is 3.17 bits per heavy atom. The number of halogens is 2. The predicted octanol–water partition coefficient (Wildman–Crippen LogP) is 1.31. The van der Waals surface area contributed by atoms with Crippen LogP contribution in [0.3, 0.4) is 0 Å². The fourth-order valence-corrected chi connectivity index (χ4v) is 2.09. The minimum Gasteiger partial charge on any atom is -0.374 e. The Bertz CT molecular complexity index is 436. The Hall–Kier alpha value is -0.980. The monoisotopic (exact) mass is 316 g/mol. The highest BCUT2D eigenvalue weighted by Gasteiger charge is 2.16. The third-order valence-electron chi connectivity index (χ3n) is 2.67.